The number of aromatic nitrogens is 3. The molecule has 174 valence electrons. The molecule has 0 amide bonds. The molecule has 0 saturated heterocycles. The van der Waals surface area contributed by atoms with Gasteiger partial charge in [0, 0.05) is 30.4 Å². The summed E-state index contributed by atoms with van der Waals surface area (Å²) in [6.45, 7) is 5.08. The minimum Gasteiger partial charge on any atom is -0.488 e. The fourth-order valence-electron chi connectivity index (χ4n) is 3.42. The Balaban J connectivity index is 1.76. The molecule has 8 nitrogen and oxygen atoms in total. The average molecular weight is 451 g/mol. The van der Waals surface area contributed by atoms with E-state index in [0.29, 0.717) is 18.5 Å². The van der Waals surface area contributed by atoms with E-state index < -0.39 is 0 Å². The molecule has 0 fully saturated rings. The largest absolute Gasteiger partial charge is 0.488 e. The lowest BCUT2D eigenvalue weighted by Crippen LogP contribution is -2.16. The topological polar surface area (TPSA) is 86.6 Å². The van der Waals surface area contributed by atoms with Gasteiger partial charge in [-0.1, -0.05) is 12.1 Å². The number of hydrogen-bond donors (Lipinski definition) is 0. The Kier molecular flexibility index (Phi) is 8.32. The van der Waals surface area contributed by atoms with Gasteiger partial charge in [-0.15, -0.1) is 0 Å². The monoisotopic (exact) mass is 450 g/mol. The van der Waals surface area contributed by atoms with Crippen LogP contribution in [0.3, 0.4) is 0 Å². The van der Waals surface area contributed by atoms with Crippen molar-refractivity contribution in [2.24, 2.45) is 0 Å². The Morgan fingerprint density at radius 3 is 2.64 bits per heavy atom. The van der Waals surface area contributed by atoms with Crippen LogP contribution in [-0.2, 0) is 11.4 Å². The van der Waals surface area contributed by atoms with Gasteiger partial charge in [-0.3, -0.25) is 19.3 Å². The molecule has 8 heteroatoms. The second-order valence-electron chi connectivity index (χ2n) is 8.22. The molecular formula is C25H30N4O4. The Bertz CT molecular complexity index is 1090. The molecule has 3 rings (SSSR count). The predicted molar refractivity (Wildman–Crippen MR) is 125 cm³/mol. The van der Waals surface area contributed by atoms with Crippen LogP contribution < -0.4 is 9.47 Å². The third-order valence-corrected chi connectivity index (χ3v) is 5.03. The number of carbonyl (C=O) groups excluding carboxylic acids is 2. The summed E-state index contributed by atoms with van der Waals surface area (Å²) in [7, 11) is 3.89. The molecular weight excluding hydrogens is 420 g/mol. The predicted octanol–water partition coefficient (Wildman–Crippen LogP) is 4.16. The summed E-state index contributed by atoms with van der Waals surface area (Å²) in [6, 6.07) is 10.8. The van der Waals surface area contributed by atoms with Crippen molar-refractivity contribution in [3.05, 3.63) is 59.9 Å². The number of esters is 1. The summed E-state index contributed by atoms with van der Waals surface area (Å²) in [5.74, 6) is 0.158. The fraction of sp³-hybridized carbons (Fsp3) is 0.360. The summed E-state index contributed by atoms with van der Waals surface area (Å²) in [4.78, 5) is 30.6. The van der Waals surface area contributed by atoms with Gasteiger partial charge in [0.05, 0.1) is 17.0 Å². The van der Waals surface area contributed by atoms with Gasteiger partial charge < -0.3 is 14.4 Å². The first kappa shape index (κ1) is 24.1. The van der Waals surface area contributed by atoms with Crippen LogP contribution in [0.1, 0.15) is 48.7 Å². The van der Waals surface area contributed by atoms with Gasteiger partial charge in [-0.05, 0) is 65.2 Å². The van der Waals surface area contributed by atoms with Gasteiger partial charge >= 0.3 is 5.97 Å². The van der Waals surface area contributed by atoms with Crippen LogP contribution >= 0.6 is 0 Å². The number of pyridine rings is 1. The highest BCUT2D eigenvalue weighted by Crippen LogP contribution is 2.29. The minimum absolute atomic E-state index is 0.177. The molecule has 0 aliphatic heterocycles. The van der Waals surface area contributed by atoms with Gasteiger partial charge in [0.1, 0.15) is 18.1 Å². The smallest absolute Gasteiger partial charge is 0.311 e. The van der Waals surface area contributed by atoms with Crippen LogP contribution in [0.4, 0.5) is 0 Å². The average Bonchev–Trinajstić information content (AvgIpc) is 3.28. The van der Waals surface area contributed by atoms with Gasteiger partial charge in [-0.25, -0.2) is 0 Å². The summed E-state index contributed by atoms with van der Waals surface area (Å²) in [5, 5.41) is 4.39. The molecule has 33 heavy (non-hydrogen) atoms. The highest BCUT2D eigenvalue weighted by atomic mass is 16.5. The lowest BCUT2D eigenvalue weighted by molar-refractivity contribution is -0.134. The van der Waals surface area contributed by atoms with E-state index in [1.165, 1.54) is 0 Å². The van der Waals surface area contributed by atoms with Crippen LogP contribution in [-0.4, -0.2) is 52.6 Å². The van der Waals surface area contributed by atoms with E-state index in [4.69, 9.17) is 9.47 Å². The van der Waals surface area contributed by atoms with Crippen LogP contribution in [0.25, 0.3) is 11.4 Å². The number of carbonyl (C=O) groups is 2. The maximum Gasteiger partial charge on any atom is 0.311 e. The Hall–Kier alpha value is -3.52. The van der Waals surface area contributed by atoms with Crippen molar-refractivity contribution in [2.45, 2.75) is 39.3 Å². The van der Waals surface area contributed by atoms with Crippen molar-refractivity contribution in [1.82, 2.24) is 19.7 Å². The molecule has 3 aromatic rings. The third kappa shape index (κ3) is 6.26. The van der Waals surface area contributed by atoms with Crippen molar-refractivity contribution in [1.29, 1.82) is 0 Å². The molecule has 0 aliphatic rings. The van der Waals surface area contributed by atoms with Gasteiger partial charge in [0.15, 0.2) is 6.29 Å². The Labute approximate surface area is 194 Å². The van der Waals surface area contributed by atoms with Crippen molar-refractivity contribution in [2.75, 3.05) is 20.6 Å². The SMILES string of the molecule is CC(C)n1nccc1-c1ncccc1COc1cccc(OC(=O)CCCN(C)C)c1C=O. The molecule has 0 atom stereocenters. The molecule has 1 aromatic carbocycles. The van der Waals surface area contributed by atoms with E-state index in [1.807, 2.05) is 41.9 Å². The zero-order valence-corrected chi connectivity index (χ0v) is 19.5. The van der Waals surface area contributed by atoms with Gasteiger partial charge in [0.25, 0.3) is 0 Å². The van der Waals surface area contributed by atoms with E-state index in [-0.39, 0.29) is 36.4 Å². The molecule has 0 N–H and O–H groups in total. The molecule has 2 aromatic heterocycles. The van der Waals surface area contributed by atoms with Crippen molar-refractivity contribution < 1.29 is 19.1 Å². The van der Waals surface area contributed by atoms with Crippen molar-refractivity contribution >= 4 is 12.3 Å². The zero-order valence-electron chi connectivity index (χ0n) is 19.5. The van der Waals surface area contributed by atoms with E-state index in [1.54, 1.807) is 30.6 Å². The molecule has 2 heterocycles. The summed E-state index contributed by atoms with van der Waals surface area (Å²) in [5.41, 5.74) is 2.71. The lowest BCUT2D eigenvalue weighted by atomic mass is 10.1. The third-order valence-electron chi connectivity index (χ3n) is 5.03. The number of hydrogen-bond acceptors (Lipinski definition) is 7. The fourth-order valence-corrected chi connectivity index (χ4v) is 3.42. The first-order valence-electron chi connectivity index (χ1n) is 10.9. The number of benzene rings is 1. The van der Waals surface area contributed by atoms with E-state index in [2.05, 4.69) is 23.9 Å². The van der Waals surface area contributed by atoms with Gasteiger partial charge in [-0.2, -0.15) is 5.10 Å². The number of nitrogens with zero attached hydrogens (tertiary/aromatic N) is 4. The number of rotatable bonds is 11. The van der Waals surface area contributed by atoms with Crippen molar-refractivity contribution in [3.63, 3.8) is 0 Å². The lowest BCUT2D eigenvalue weighted by Gasteiger charge is -2.15. The molecule has 0 spiro atoms. The van der Waals surface area contributed by atoms with Crippen LogP contribution in [0.5, 0.6) is 11.5 Å². The van der Waals surface area contributed by atoms with E-state index in [0.717, 1.165) is 23.5 Å². The van der Waals surface area contributed by atoms with E-state index in [9.17, 15) is 9.59 Å². The van der Waals surface area contributed by atoms with Crippen LogP contribution in [0, 0.1) is 0 Å². The van der Waals surface area contributed by atoms with Crippen LogP contribution in [0.15, 0.2) is 48.8 Å². The molecule has 0 saturated carbocycles. The minimum atomic E-state index is -0.381. The normalized spacial score (nSPS) is 11.1. The van der Waals surface area contributed by atoms with Crippen molar-refractivity contribution in [3.8, 4) is 22.9 Å². The summed E-state index contributed by atoms with van der Waals surface area (Å²) >= 11 is 0. The first-order chi connectivity index (χ1) is 15.9. The maximum absolute atomic E-state index is 12.2. The number of ether oxygens (including phenoxy) is 2. The molecule has 0 radical (unpaired) electrons. The van der Waals surface area contributed by atoms with Gasteiger partial charge in [0.2, 0.25) is 0 Å². The first-order valence-corrected chi connectivity index (χ1v) is 10.9. The highest BCUT2D eigenvalue weighted by Gasteiger charge is 2.17. The van der Waals surface area contributed by atoms with Crippen LogP contribution in [0.2, 0.25) is 0 Å². The number of aldehydes is 1. The molecule has 0 aliphatic carbocycles. The molecule has 0 unspecified atom stereocenters. The van der Waals surface area contributed by atoms with E-state index >= 15 is 0 Å². The second-order valence-corrected chi connectivity index (χ2v) is 8.22. The zero-order chi connectivity index (χ0) is 23.8. The Morgan fingerprint density at radius 2 is 1.91 bits per heavy atom. The Morgan fingerprint density at radius 1 is 1.12 bits per heavy atom. The second kappa shape index (κ2) is 11.4. The maximum atomic E-state index is 12.2. The summed E-state index contributed by atoms with van der Waals surface area (Å²) < 4.78 is 13.3. The standard InChI is InChI=1S/C25H30N4O4/c1-18(2)29-21(12-14-27-29)25-19(8-6-13-26-25)17-32-22-9-5-10-23(20(22)16-30)33-24(31)11-7-15-28(3)4/h5-6,8-10,12-14,16,18H,7,11,15,17H2,1-4H3. The molecule has 0 bridgehead atoms. The summed E-state index contributed by atoms with van der Waals surface area (Å²) in [6.07, 6.45) is 5.06. The highest BCUT2D eigenvalue weighted by molar-refractivity contribution is 5.86. The quantitative estimate of drug-likeness (QED) is 0.246.